The second-order valence-electron chi connectivity index (χ2n) is 5.18. The highest BCUT2D eigenvalue weighted by Crippen LogP contribution is 2.32. The zero-order valence-corrected chi connectivity index (χ0v) is 11.2. The minimum Gasteiger partial charge on any atom is -0.442 e. The third-order valence-electron chi connectivity index (χ3n) is 2.12. The number of nitrogens with one attached hydrogen (secondary N) is 1. The molecule has 7 heteroatoms. The van der Waals surface area contributed by atoms with Crippen LogP contribution in [-0.4, -0.2) is 25.9 Å². The standard InChI is InChI=1S/C10H19NO5S/c1-10(2,3)15-9(12)11-16-17(13,14)7-6-8-4-5-8/h8H,4-7H2,1-3H3,(H,11,12). The molecule has 1 rings (SSSR count). The minimum absolute atomic E-state index is 0.0759. The lowest BCUT2D eigenvalue weighted by Crippen LogP contribution is -2.34. The number of hydrogen-bond donors (Lipinski definition) is 1. The molecule has 0 aromatic carbocycles. The van der Waals surface area contributed by atoms with Gasteiger partial charge in [-0.05, 0) is 33.1 Å². The van der Waals surface area contributed by atoms with Crippen molar-refractivity contribution in [3.8, 4) is 0 Å². The van der Waals surface area contributed by atoms with Crippen molar-refractivity contribution < 1.29 is 22.2 Å². The SMILES string of the molecule is CC(C)(C)OC(=O)NOS(=O)(=O)CCC1CC1. The summed E-state index contributed by atoms with van der Waals surface area (Å²) < 4.78 is 31.9. The second-order valence-corrected chi connectivity index (χ2v) is 6.87. The van der Waals surface area contributed by atoms with Crippen LogP contribution >= 0.6 is 0 Å². The molecule has 1 aliphatic rings. The highest BCUT2D eigenvalue weighted by atomic mass is 32.2. The van der Waals surface area contributed by atoms with E-state index in [1.807, 2.05) is 0 Å². The minimum atomic E-state index is -3.70. The Hall–Kier alpha value is -0.820. The van der Waals surface area contributed by atoms with E-state index in [1.54, 1.807) is 26.3 Å². The van der Waals surface area contributed by atoms with Crippen LogP contribution in [-0.2, 0) is 19.1 Å². The van der Waals surface area contributed by atoms with Crippen LogP contribution in [0.5, 0.6) is 0 Å². The highest BCUT2D eigenvalue weighted by molar-refractivity contribution is 7.86. The number of ether oxygens (including phenoxy) is 1. The summed E-state index contributed by atoms with van der Waals surface area (Å²) in [6, 6.07) is 0. The predicted molar refractivity (Wildman–Crippen MR) is 61.6 cm³/mol. The molecule has 1 saturated carbocycles. The van der Waals surface area contributed by atoms with Crippen molar-refractivity contribution in [1.29, 1.82) is 0 Å². The first kappa shape index (κ1) is 14.2. The summed E-state index contributed by atoms with van der Waals surface area (Å²) in [7, 11) is -3.70. The number of carbonyl (C=O) groups is 1. The summed E-state index contributed by atoms with van der Waals surface area (Å²) in [5.41, 5.74) is 1.09. The lowest BCUT2D eigenvalue weighted by atomic mass is 10.2. The molecule has 0 heterocycles. The van der Waals surface area contributed by atoms with Gasteiger partial charge in [-0.1, -0.05) is 12.8 Å². The van der Waals surface area contributed by atoms with Crippen LogP contribution in [0.15, 0.2) is 0 Å². The molecule has 0 radical (unpaired) electrons. The van der Waals surface area contributed by atoms with Gasteiger partial charge in [0.25, 0.3) is 10.1 Å². The van der Waals surface area contributed by atoms with Crippen LogP contribution in [0.25, 0.3) is 0 Å². The molecule has 1 amide bonds. The van der Waals surface area contributed by atoms with Gasteiger partial charge in [0.1, 0.15) is 5.60 Å². The van der Waals surface area contributed by atoms with Gasteiger partial charge in [0, 0.05) is 0 Å². The van der Waals surface area contributed by atoms with E-state index in [-0.39, 0.29) is 5.75 Å². The zero-order valence-electron chi connectivity index (χ0n) is 10.4. The smallest absolute Gasteiger partial charge is 0.432 e. The Morgan fingerprint density at radius 3 is 2.41 bits per heavy atom. The van der Waals surface area contributed by atoms with Gasteiger partial charge in [0.15, 0.2) is 0 Å². The van der Waals surface area contributed by atoms with Gasteiger partial charge < -0.3 is 4.74 Å². The molecule has 0 aliphatic heterocycles. The number of hydrogen-bond acceptors (Lipinski definition) is 5. The zero-order chi connectivity index (χ0) is 13.1. The molecule has 0 unspecified atom stereocenters. The predicted octanol–water partition coefficient (Wildman–Crippen LogP) is 1.57. The number of rotatable bonds is 5. The van der Waals surface area contributed by atoms with E-state index in [4.69, 9.17) is 4.74 Å². The van der Waals surface area contributed by atoms with Crippen LogP contribution in [0, 0.1) is 5.92 Å². The van der Waals surface area contributed by atoms with Crippen molar-refractivity contribution in [1.82, 2.24) is 5.48 Å². The van der Waals surface area contributed by atoms with E-state index in [2.05, 4.69) is 4.28 Å². The van der Waals surface area contributed by atoms with Crippen molar-refractivity contribution >= 4 is 16.2 Å². The third-order valence-corrected chi connectivity index (χ3v) is 3.20. The van der Waals surface area contributed by atoms with E-state index in [0.29, 0.717) is 12.3 Å². The van der Waals surface area contributed by atoms with Crippen LogP contribution < -0.4 is 5.48 Å². The van der Waals surface area contributed by atoms with Gasteiger partial charge in [-0.3, -0.25) is 0 Å². The number of amides is 1. The van der Waals surface area contributed by atoms with Gasteiger partial charge >= 0.3 is 6.09 Å². The molecule has 100 valence electrons. The summed E-state index contributed by atoms with van der Waals surface area (Å²) in [5, 5.41) is 0. The molecule has 0 spiro atoms. The average Bonchev–Trinajstić information content (AvgIpc) is 2.93. The molecule has 6 nitrogen and oxygen atoms in total. The van der Waals surface area contributed by atoms with Crippen molar-refractivity contribution in [2.24, 2.45) is 5.92 Å². The Kier molecular flexibility index (Phi) is 4.37. The maximum atomic E-state index is 11.3. The van der Waals surface area contributed by atoms with E-state index < -0.39 is 21.8 Å². The van der Waals surface area contributed by atoms with Crippen LogP contribution in [0.4, 0.5) is 4.79 Å². The first-order valence-corrected chi connectivity index (χ1v) is 7.16. The van der Waals surface area contributed by atoms with Crippen LogP contribution in [0.3, 0.4) is 0 Å². The van der Waals surface area contributed by atoms with E-state index in [9.17, 15) is 13.2 Å². The van der Waals surface area contributed by atoms with Crippen LogP contribution in [0.1, 0.15) is 40.0 Å². The molecule has 0 aromatic rings. The summed E-state index contributed by atoms with van der Waals surface area (Å²) in [5.74, 6) is 0.419. The monoisotopic (exact) mass is 265 g/mol. The molecule has 0 saturated heterocycles. The quantitative estimate of drug-likeness (QED) is 0.763. The van der Waals surface area contributed by atoms with Gasteiger partial charge in [-0.25, -0.2) is 4.79 Å². The fraction of sp³-hybridized carbons (Fsp3) is 0.900. The normalized spacial score (nSPS) is 16.6. The molecular weight excluding hydrogens is 246 g/mol. The lowest BCUT2D eigenvalue weighted by molar-refractivity contribution is 0.0298. The Labute approximate surface area is 102 Å². The third kappa shape index (κ3) is 7.17. The summed E-state index contributed by atoms with van der Waals surface area (Å²) >= 11 is 0. The molecule has 1 aliphatic carbocycles. The molecular formula is C10H19NO5S. The number of carbonyl (C=O) groups excluding carboxylic acids is 1. The molecule has 0 atom stereocenters. The Balaban J connectivity index is 2.25. The number of hydroxylamine groups is 1. The summed E-state index contributed by atoms with van der Waals surface area (Å²) in [6.07, 6.45) is 1.83. The van der Waals surface area contributed by atoms with Crippen molar-refractivity contribution in [2.45, 2.75) is 45.6 Å². The summed E-state index contributed by atoms with van der Waals surface area (Å²) in [6.45, 7) is 5.02. The Morgan fingerprint density at radius 1 is 1.35 bits per heavy atom. The molecule has 0 bridgehead atoms. The van der Waals surface area contributed by atoms with Gasteiger partial charge in [0.2, 0.25) is 0 Å². The Bertz CT molecular complexity index is 367. The molecule has 1 fully saturated rings. The van der Waals surface area contributed by atoms with Crippen molar-refractivity contribution in [2.75, 3.05) is 5.75 Å². The van der Waals surface area contributed by atoms with Crippen molar-refractivity contribution in [3.63, 3.8) is 0 Å². The molecule has 1 N–H and O–H groups in total. The van der Waals surface area contributed by atoms with E-state index in [1.165, 1.54) is 0 Å². The topological polar surface area (TPSA) is 81.7 Å². The maximum absolute atomic E-state index is 11.3. The van der Waals surface area contributed by atoms with E-state index >= 15 is 0 Å². The molecule has 0 aromatic heterocycles. The first-order valence-electron chi connectivity index (χ1n) is 5.58. The molecule has 17 heavy (non-hydrogen) atoms. The average molecular weight is 265 g/mol. The fourth-order valence-corrected chi connectivity index (χ4v) is 2.06. The highest BCUT2D eigenvalue weighted by Gasteiger charge is 2.25. The van der Waals surface area contributed by atoms with Gasteiger partial charge in [-0.2, -0.15) is 13.9 Å². The van der Waals surface area contributed by atoms with Gasteiger partial charge in [0.05, 0.1) is 5.75 Å². The Morgan fingerprint density at radius 2 is 1.94 bits per heavy atom. The van der Waals surface area contributed by atoms with Crippen molar-refractivity contribution in [3.05, 3.63) is 0 Å². The van der Waals surface area contributed by atoms with E-state index in [0.717, 1.165) is 12.8 Å². The second kappa shape index (κ2) is 5.22. The summed E-state index contributed by atoms with van der Waals surface area (Å²) in [4.78, 5) is 11.1. The fourth-order valence-electron chi connectivity index (χ4n) is 1.16. The largest absolute Gasteiger partial charge is 0.442 e. The first-order chi connectivity index (χ1) is 7.68. The van der Waals surface area contributed by atoms with Crippen LogP contribution in [0.2, 0.25) is 0 Å². The lowest BCUT2D eigenvalue weighted by Gasteiger charge is -2.19. The van der Waals surface area contributed by atoms with Gasteiger partial charge in [-0.15, -0.1) is 4.28 Å². The maximum Gasteiger partial charge on any atom is 0.432 e.